The van der Waals surface area contributed by atoms with Gasteiger partial charge in [0.15, 0.2) is 5.96 Å². The number of piperidine rings is 2. The molecule has 4 rings (SSSR count). The molecular weight excluding hydrogens is 406 g/mol. The van der Waals surface area contributed by atoms with Gasteiger partial charge in [0.05, 0.1) is 0 Å². The molecule has 2 aliphatic rings. The van der Waals surface area contributed by atoms with Crippen molar-refractivity contribution >= 4 is 27.4 Å². The number of aliphatic hydroxyl groups is 1. The normalized spacial score (nSPS) is 21.8. The van der Waals surface area contributed by atoms with Crippen LogP contribution in [-0.4, -0.2) is 79.8 Å². The molecule has 2 aliphatic heterocycles. The summed E-state index contributed by atoms with van der Waals surface area (Å²) in [6, 6.07) is 10.4. The van der Waals surface area contributed by atoms with Gasteiger partial charge in [-0.15, -0.1) is 11.3 Å². The fraction of sp³-hybridized carbons (Fsp3) is 0.625. The Bertz CT molecular complexity index is 835. The second-order valence-electron chi connectivity index (χ2n) is 9.08. The van der Waals surface area contributed by atoms with Gasteiger partial charge in [0.25, 0.3) is 0 Å². The van der Waals surface area contributed by atoms with Crippen molar-refractivity contribution in [2.75, 3.05) is 53.4 Å². The summed E-state index contributed by atoms with van der Waals surface area (Å²) in [7, 11) is 4.03. The van der Waals surface area contributed by atoms with Crippen LogP contribution in [0, 0.1) is 0 Å². The van der Waals surface area contributed by atoms with Gasteiger partial charge in [-0.05, 0) is 76.4 Å². The van der Waals surface area contributed by atoms with Crippen molar-refractivity contribution in [3.63, 3.8) is 0 Å². The molecule has 3 N–H and O–H groups in total. The van der Waals surface area contributed by atoms with Crippen molar-refractivity contribution in [1.29, 1.82) is 0 Å². The molecule has 6 nitrogen and oxygen atoms in total. The molecule has 2 fully saturated rings. The number of aliphatic imine (C=N–C) groups is 1. The number of thiophene rings is 1. The molecule has 0 saturated carbocycles. The van der Waals surface area contributed by atoms with Gasteiger partial charge in [-0.1, -0.05) is 24.6 Å². The predicted molar refractivity (Wildman–Crippen MR) is 131 cm³/mol. The standard InChI is InChI=1S/C24H37N5OS/c1-25-23(26-17-20(30)22-16-19-8-4-5-9-21(19)31-22)27-18-24(10-14-28(2)15-11-24)29-12-6-3-7-13-29/h4-5,8-9,16,20,30H,3,6-7,10-15,17-18H2,1-2H3,(H2,25,26,27). The SMILES string of the molecule is CN=C(NCC(O)c1cc2ccccc2s1)NCC1(N2CCCCC2)CCN(C)CC1. The highest BCUT2D eigenvalue weighted by molar-refractivity contribution is 7.19. The molecule has 0 aliphatic carbocycles. The van der Waals surface area contributed by atoms with Crippen molar-refractivity contribution in [2.24, 2.45) is 4.99 Å². The number of rotatable bonds is 6. The number of nitrogens with zero attached hydrogens (tertiary/aromatic N) is 3. The molecule has 1 aromatic carbocycles. The summed E-state index contributed by atoms with van der Waals surface area (Å²) in [4.78, 5) is 10.6. The Labute approximate surface area is 190 Å². The minimum Gasteiger partial charge on any atom is -0.386 e. The number of nitrogens with one attached hydrogen (secondary N) is 2. The topological polar surface area (TPSA) is 63.1 Å². The van der Waals surface area contributed by atoms with Crippen LogP contribution in [0.15, 0.2) is 35.3 Å². The van der Waals surface area contributed by atoms with E-state index in [9.17, 15) is 5.11 Å². The van der Waals surface area contributed by atoms with Gasteiger partial charge in [0.1, 0.15) is 6.10 Å². The molecular formula is C24H37N5OS. The number of hydrogen-bond acceptors (Lipinski definition) is 5. The van der Waals surface area contributed by atoms with Gasteiger partial charge < -0.3 is 20.6 Å². The smallest absolute Gasteiger partial charge is 0.191 e. The van der Waals surface area contributed by atoms with E-state index < -0.39 is 6.10 Å². The zero-order valence-electron chi connectivity index (χ0n) is 18.9. The fourth-order valence-electron chi connectivity index (χ4n) is 4.94. The highest BCUT2D eigenvalue weighted by Gasteiger charge is 2.39. The van der Waals surface area contributed by atoms with Crippen LogP contribution >= 0.6 is 11.3 Å². The van der Waals surface area contributed by atoms with Crippen molar-refractivity contribution in [2.45, 2.75) is 43.7 Å². The molecule has 1 aromatic heterocycles. The molecule has 2 saturated heterocycles. The summed E-state index contributed by atoms with van der Waals surface area (Å²) in [6.07, 6.45) is 5.82. The maximum atomic E-state index is 10.7. The Balaban J connectivity index is 1.35. The lowest BCUT2D eigenvalue weighted by atomic mass is 9.84. The maximum absolute atomic E-state index is 10.7. The van der Waals surface area contributed by atoms with E-state index >= 15 is 0 Å². The summed E-state index contributed by atoms with van der Waals surface area (Å²) in [5, 5.41) is 18.9. The molecule has 1 unspecified atom stereocenters. The summed E-state index contributed by atoms with van der Waals surface area (Å²) in [5.41, 5.74) is 0.203. The average Bonchev–Trinajstić information content (AvgIpc) is 3.25. The number of fused-ring (bicyclic) bond motifs is 1. The minimum atomic E-state index is -0.546. The zero-order chi connectivity index (χ0) is 21.7. The average molecular weight is 444 g/mol. The number of benzene rings is 1. The van der Waals surface area contributed by atoms with Crippen molar-refractivity contribution in [3.8, 4) is 0 Å². The first-order chi connectivity index (χ1) is 15.1. The molecule has 31 heavy (non-hydrogen) atoms. The maximum Gasteiger partial charge on any atom is 0.191 e. The van der Waals surface area contributed by atoms with E-state index in [4.69, 9.17) is 0 Å². The third-order valence-corrected chi connectivity index (χ3v) is 8.21. The molecule has 1 atom stereocenters. The van der Waals surface area contributed by atoms with E-state index in [1.54, 1.807) is 11.3 Å². The van der Waals surface area contributed by atoms with Crippen LogP contribution in [0.25, 0.3) is 10.1 Å². The van der Waals surface area contributed by atoms with E-state index in [0.29, 0.717) is 6.54 Å². The summed E-state index contributed by atoms with van der Waals surface area (Å²) < 4.78 is 1.21. The Morgan fingerprint density at radius 2 is 1.87 bits per heavy atom. The number of likely N-dealkylation sites (tertiary alicyclic amines) is 2. The third-order valence-electron chi connectivity index (χ3n) is 6.99. The Morgan fingerprint density at radius 1 is 1.13 bits per heavy atom. The molecule has 170 valence electrons. The van der Waals surface area contributed by atoms with Crippen molar-refractivity contribution in [1.82, 2.24) is 20.4 Å². The first-order valence-corrected chi connectivity index (χ1v) is 12.5. The van der Waals surface area contributed by atoms with Crippen LogP contribution in [0.4, 0.5) is 0 Å². The van der Waals surface area contributed by atoms with Crippen LogP contribution in [0.3, 0.4) is 0 Å². The second-order valence-corrected chi connectivity index (χ2v) is 10.2. The van der Waals surface area contributed by atoms with Crippen molar-refractivity contribution < 1.29 is 5.11 Å². The third kappa shape index (κ3) is 5.40. The van der Waals surface area contributed by atoms with Gasteiger partial charge in [0, 0.05) is 35.3 Å². The highest BCUT2D eigenvalue weighted by atomic mass is 32.1. The van der Waals surface area contributed by atoms with Crippen molar-refractivity contribution in [3.05, 3.63) is 35.2 Å². The first-order valence-electron chi connectivity index (χ1n) is 11.6. The summed E-state index contributed by atoms with van der Waals surface area (Å²) in [6.45, 7) is 6.07. The second kappa shape index (κ2) is 10.3. The Hall–Kier alpha value is -1.67. The van der Waals surface area contributed by atoms with Crippen LogP contribution in [0.1, 0.15) is 43.1 Å². The van der Waals surface area contributed by atoms with Gasteiger partial charge in [-0.3, -0.25) is 9.89 Å². The van der Waals surface area contributed by atoms with E-state index in [-0.39, 0.29) is 5.54 Å². The highest BCUT2D eigenvalue weighted by Crippen LogP contribution is 2.31. The Morgan fingerprint density at radius 3 is 2.58 bits per heavy atom. The molecule has 2 aromatic rings. The number of hydrogen-bond donors (Lipinski definition) is 3. The van der Waals surface area contributed by atoms with Gasteiger partial charge in [-0.25, -0.2) is 0 Å². The van der Waals surface area contributed by atoms with Gasteiger partial charge in [0.2, 0.25) is 0 Å². The van der Waals surface area contributed by atoms with Gasteiger partial charge in [-0.2, -0.15) is 0 Å². The number of guanidine groups is 1. The predicted octanol–water partition coefficient (Wildman–Crippen LogP) is 3.05. The molecule has 7 heteroatoms. The molecule has 0 spiro atoms. The molecule has 0 radical (unpaired) electrons. The Kier molecular flexibility index (Phi) is 7.48. The fourth-order valence-corrected chi connectivity index (χ4v) is 5.99. The van der Waals surface area contributed by atoms with Crippen LogP contribution in [0.2, 0.25) is 0 Å². The molecule has 0 bridgehead atoms. The lowest BCUT2D eigenvalue weighted by Crippen LogP contribution is -2.62. The van der Waals surface area contributed by atoms with Crippen LogP contribution in [-0.2, 0) is 0 Å². The largest absolute Gasteiger partial charge is 0.386 e. The van der Waals surface area contributed by atoms with E-state index in [1.807, 2.05) is 19.2 Å². The van der Waals surface area contributed by atoms with E-state index in [1.165, 1.54) is 55.3 Å². The summed E-state index contributed by atoms with van der Waals surface area (Å²) >= 11 is 1.66. The van der Waals surface area contributed by atoms with Crippen LogP contribution < -0.4 is 10.6 Å². The lowest BCUT2D eigenvalue weighted by Gasteiger charge is -2.50. The molecule has 3 heterocycles. The van der Waals surface area contributed by atoms with E-state index in [2.05, 4.69) is 50.7 Å². The lowest BCUT2D eigenvalue weighted by molar-refractivity contribution is 0.0173. The minimum absolute atomic E-state index is 0.203. The zero-order valence-corrected chi connectivity index (χ0v) is 19.8. The quantitative estimate of drug-likeness (QED) is 0.473. The molecule has 0 amide bonds. The summed E-state index contributed by atoms with van der Waals surface area (Å²) in [5.74, 6) is 0.774. The number of aliphatic hydroxyl groups excluding tert-OH is 1. The monoisotopic (exact) mass is 443 g/mol. The first kappa shape index (κ1) is 22.5. The van der Waals surface area contributed by atoms with Gasteiger partial charge >= 0.3 is 0 Å². The van der Waals surface area contributed by atoms with E-state index in [0.717, 1.165) is 30.5 Å². The van der Waals surface area contributed by atoms with Crippen LogP contribution in [0.5, 0.6) is 0 Å².